The van der Waals surface area contributed by atoms with Gasteiger partial charge in [0.1, 0.15) is 17.1 Å². The fourth-order valence-corrected chi connectivity index (χ4v) is 3.90. The molecule has 0 fully saturated rings. The first-order valence-electron chi connectivity index (χ1n) is 11.7. The van der Waals surface area contributed by atoms with Crippen molar-refractivity contribution in [3.8, 4) is 5.75 Å². The lowest BCUT2D eigenvalue weighted by Crippen LogP contribution is -2.23. The summed E-state index contributed by atoms with van der Waals surface area (Å²) in [5.74, 6) is -2.11. The van der Waals surface area contributed by atoms with E-state index >= 15 is 0 Å². The lowest BCUT2D eigenvalue weighted by molar-refractivity contribution is 0.0775. The van der Waals surface area contributed by atoms with Crippen LogP contribution in [0.1, 0.15) is 32.8 Å². The Kier molecular flexibility index (Phi) is 11.8. The lowest BCUT2D eigenvalue weighted by Gasteiger charge is -2.11. The molecular formula is C28H32F2N4O2S. The number of nitrogens with zero attached hydrogens (tertiary/aromatic N) is 2. The van der Waals surface area contributed by atoms with Crippen LogP contribution in [0.25, 0.3) is 10.9 Å². The van der Waals surface area contributed by atoms with Gasteiger partial charge in [-0.25, -0.2) is 23.5 Å². The van der Waals surface area contributed by atoms with E-state index in [0.717, 1.165) is 58.0 Å². The van der Waals surface area contributed by atoms with E-state index in [1.54, 1.807) is 13.2 Å². The zero-order valence-electron chi connectivity index (χ0n) is 21.4. The first-order chi connectivity index (χ1) is 17.7. The molecule has 2 amide bonds. The Morgan fingerprint density at radius 1 is 1.19 bits per heavy atom. The van der Waals surface area contributed by atoms with E-state index in [2.05, 4.69) is 41.0 Å². The van der Waals surface area contributed by atoms with Gasteiger partial charge in [0.15, 0.2) is 0 Å². The second-order valence-electron chi connectivity index (χ2n) is 7.81. The molecule has 2 N–H and O–H groups in total. The normalized spacial score (nSPS) is 11.3. The SMILES string of the molecule is C=CCC.CCc1cc2ncnc(Sc3cccc(NC(=O)N/C=C/C=C/C(C)(F)F)c3)c2cc1OC. The minimum absolute atomic E-state index is 0.491. The minimum atomic E-state index is -2.90. The smallest absolute Gasteiger partial charge is 0.323 e. The van der Waals surface area contributed by atoms with E-state index in [9.17, 15) is 13.6 Å². The standard InChI is InChI=1S/C24H24F2N4O2S.C4H8/c1-4-16-12-20-19(14-21(16)32-3)22(29-15-28-20)33-18-9-7-8-17(13-18)30-23(31)27-11-6-5-10-24(2,25)26;1-3-4-2/h5-15H,4H2,1-3H3,(H2,27,30,31);3H,1,4H2,2H3/b10-5+,11-6+;. The molecule has 37 heavy (non-hydrogen) atoms. The Hall–Kier alpha value is -3.72. The predicted octanol–water partition coefficient (Wildman–Crippen LogP) is 7.78. The fourth-order valence-electron chi connectivity index (χ4n) is 2.97. The monoisotopic (exact) mass is 526 g/mol. The van der Waals surface area contributed by atoms with Gasteiger partial charge in [-0.1, -0.05) is 43.8 Å². The molecule has 9 heteroatoms. The van der Waals surface area contributed by atoms with Crippen molar-refractivity contribution in [2.24, 2.45) is 0 Å². The number of benzene rings is 2. The van der Waals surface area contributed by atoms with Crippen LogP contribution < -0.4 is 15.4 Å². The van der Waals surface area contributed by atoms with Crippen LogP contribution in [0.3, 0.4) is 0 Å². The molecule has 0 saturated heterocycles. The number of fused-ring (bicyclic) bond motifs is 1. The topological polar surface area (TPSA) is 76.1 Å². The maximum atomic E-state index is 12.7. The van der Waals surface area contributed by atoms with Crippen molar-refractivity contribution in [2.45, 2.75) is 49.5 Å². The second kappa shape index (κ2) is 14.7. The molecule has 0 unspecified atom stereocenters. The molecule has 0 bridgehead atoms. The van der Waals surface area contributed by atoms with Crippen LogP contribution in [0.15, 0.2) is 89.7 Å². The van der Waals surface area contributed by atoms with E-state index in [1.165, 1.54) is 36.4 Å². The molecule has 3 aromatic rings. The molecule has 0 aliphatic heterocycles. The third-order valence-corrected chi connectivity index (χ3v) is 5.80. The number of amides is 2. The average molecular weight is 527 g/mol. The van der Waals surface area contributed by atoms with Gasteiger partial charge in [-0.15, -0.1) is 6.58 Å². The van der Waals surface area contributed by atoms with Crippen molar-refractivity contribution in [3.63, 3.8) is 0 Å². The molecule has 1 heterocycles. The van der Waals surface area contributed by atoms with Gasteiger partial charge < -0.3 is 15.4 Å². The summed E-state index contributed by atoms with van der Waals surface area (Å²) in [5, 5.41) is 6.82. The number of alkyl halides is 2. The molecule has 0 aliphatic carbocycles. The van der Waals surface area contributed by atoms with Crippen LogP contribution in [0.4, 0.5) is 19.3 Å². The highest BCUT2D eigenvalue weighted by atomic mass is 32.2. The number of carbonyl (C=O) groups is 1. The van der Waals surface area contributed by atoms with E-state index in [-0.39, 0.29) is 0 Å². The maximum absolute atomic E-state index is 12.7. The van der Waals surface area contributed by atoms with Gasteiger partial charge >= 0.3 is 6.03 Å². The number of methoxy groups -OCH3 is 1. The molecule has 6 nitrogen and oxygen atoms in total. The number of carbonyl (C=O) groups excluding carboxylic acids is 1. The molecule has 3 rings (SSSR count). The zero-order chi connectivity index (χ0) is 27.3. The molecule has 0 radical (unpaired) electrons. The summed E-state index contributed by atoms with van der Waals surface area (Å²) in [4.78, 5) is 21.7. The van der Waals surface area contributed by atoms with E-state index in [0.29, 0.717) is 5.69 Å². The van der Waals surface area contributed by atoms with Crippen molar-refractivity contribution in [1.29, 1.82) is 0 Å². The minimum Gasteiger partial charge on any atom is -0.496 e. The van der Waals surface area contributed by atoms with Gasteiger partial charge in [0, 0.05) is 29.1 Å². The number of aryl methyl sites for hydroxylation is 1. The number of ether oxygens (including phenoxy) is 1. The molecule has 1 aromatic heterocycles. The summed E-state index contributed by atoms with van der Waals surface area (Å²) in [6.45, 7) is 8.39. The van der Waals surface area contributed by atoms with Gasteiger partial charge in [0.2, 0.25) is 0 Å². The van der Waals surface area contributed by atoms with E-state index in [4.69, 9.17) is 4.74 Å². The summed E-state index contributed by atoms with van der Waals surface area (Å²) >= 11 is 1.45. The Morgan fingerprint density at radius 3 is 2.59 bits per heavy atom. The van der Waals surface area contributed by atoms with Crippen molar-refractivity contribution >= 4 is 34.4 Å². The predicted molar refractivity (Wildman–Crippen MR) is 148 cm³/mol. The van der Waals surface area contributed by atoms with Gasteiger partial charge in [-0.2, -0.15) is 0 Å². The number of aromatic nitrogens is 2. The summed E-state index contributed by atoms with van der Waals surface area (Å²) in [5.41, 5.74) is 2.48. The van der Waals surface area contributed by atoms with Crippen molar-refractivity contribution < 1.29 is 18.3 Å². The van der Waals surface area contributed by atoms with Crippen LogP contribution >= 0.6 is 11.8 Å². The van der Waals surface area contributed by atoms with Crippen LogP contribution in [0.2, 0.25) is 0 Å². The molecule has 0 aliphatic rings. The number of hydrogen-bond donors (Lipinski definition) is 2. The van der Waals surface area contributed by atoms with Crippen molar-refractivity contribution in [3.05, 3.63) is 85.4 Å². The lowest BCUT2D eigenvalue weighted by atomic mass is 10.1. The Balaban J connectivity index is 0.00000112. The van der Waals surface area contributed by atoms with E-state index in [1.807, 2.05) is 36.4 Å². The largest absolute Gasteiger partial charge is 0.496 e. The van der Waals surface area contributed by atoms with Crippen molar-refractivity contribution in [2.75, 3.05) is 12.4 Å². The first kappa shape index (κ1) is 29.5. The first-order valence-corrected chi connectivity index (χ1v) is 12.5. The number of allylic oxidation sites excluding steroid dienone is 4. The van der Waals surface area contributed by atoms with Crippen LogP contribution in [0.5, 0.6) is 5.75 Å². The Labute approximate surface area is 220 Å². The maximum Gasteiger partial charge on any atom is 0.323 e. The van der Waals surface area contributed by atoms with Gasteiger partial charge in [-0.3, -0.25) is 0 Å². The summed E-state index contributed by atoms with van der Waals surface area (Å²) in [7, 11) is 1.64. The highest BCUT2D eigenvalue weighted by Crippen LogP contribution is 2.35. The van der Waals surface area contributed by atoms with Gasteiger partial charge in [0.25, 0.3) is 5.92 Å². The van der Waals surface area contributed by atoms with Crippen molar-refractivity contribution in [1.82, 2.24) is 15.3 Å². The number of anilines is 1. The molecule has 0 spiro atoms. The van der Waals surface area contributed by atoms with Crippen LogP contribution in [-0.2, 0) is 6.42 Å². The third kappa shape index (κ3) is 10.0. The summed E-state index contributed by atoms with van der Waals surface area (Å²) in [6, 6.07) is 10.8. The van der Waals surface area contributed by atoms with Crippen LogP contribution in [-0.4, -0.2) is 29.0 Å². The average Bonchev–Trinajstić information content (AvgIpc) is 2.87. The summed E-state index contributed by atoms with van der Waals surface area (Å²) < 4.78 is 30.9. The fraction of sp³-hybridized carbons (Fsp3) is 0.250. The van der Waals surface area contributed by atoms with Crippen LogP contribution in [0, 0.1) is 0 Å². The van der Waals surface area contributed by atoms with Gasteiger partial charge in [0.05, 0.1) is 12.6 Å². The number of hydrogen-bond acceptors (Lipinski definition) is 5. The molecule has 196 valence electrons. The van der Waals surface area contributed by atoms with Gasteiger partial charge in [-0.05, 0) is 60.9 Å². The Morgan fingerprint density at radius 2 is 1.95 bits per heavy atom. The quantitative estimate of drug-likeness (QED) is 0.169. The highest BCUT2D eigenvalue weighted by molar-refractivity contribution is 7.99. The number of nitrogens with one attached hydrogen (secondary N) is 2. The van der Waals surface area contributed by atoms with E-state index < -0.39 is 12.0 Å². The Bertz CT molecular complexity index is 1260. The number of halogens is 2. The second-order valence-corrected chi connectivity index (χ2v) is 8.88. The highest BCUT2D eigenvalue weighted by Gasteiger charge is 2.14. The molecular weight excluding hydrogens is 494 g/mol. The molecule has 0 atom stereocenters. The number of urea groups is 1. The molecule has 0 saturated carbocycles. The third-order valence-electron chi connectivity index (χ3n) is 4.79. The zero-order valence-corrected chi connectivity index (χ0v) is 22.2. The summed E-state index contributed by atoms with van der Waals surface area (Å²) in [6.07, 6.45) is 9.82. The number of rotatable bonds is 9. The molecule has 2 aromatic carbocycles.